The van der Waals surface area contributed by atoms with Gasteiger partial charge in [-0.3, -0.25) is 19.7 Å². The number of carbonyl (C=O) groups excluding carboxylic acids is 4. The van der Waals surface area contributed by atoms with Crippen LogP contribution in [0.4, 0.5) is 10.5 Å². The molecule has 312 valence electrons. The monoisotopic (exact) mass is 790 g/mol. The second kappa shape index (κ2) is 21.8. The highest BCUT2D eigenvalue weighted by Crippen LogP contribution is 2.41. The van der Waals surface area contributed by atoms with Gasteiger partial charge in [0.05, 0.1) is 37.7 Å². The molecular formula is C43H62N6O8. The molecule has 1 unspecified atom stereocenters. The molecular weight excluding hydrogens is 729 g/mol. The van der Waals surface area contributed by atoms with Gasteiger partial charge in [-0.25, -0.2) is 9.48 Å². The van der Waals surface area contributed by atoms with E-state index in [-0.39, 0.29) is 42.8 Å². The van der Waals surface area contributed by atoms with Crippen molar-refractivity contribution in [2.24, 2.45) is 0 Å². The van der Waals surface area contributed by atoms with Crippen LogP contribution in [0, 0.1) is 0 Å². The van der Waals surface area contributed by atoms with E-state index in [2.05, 4.69) is 20.9 Å². The fraction of sp³-hybridized carbons (Fsp3) is 0.581. The summed E-state index contributed by atoms with van der Waals surface area (Å²) in [4.78, 5) is 53.6. The predicted octanol–water partition coefficient (Wildman–Crippen LogP) is 6.64. The van der Waals surface area contributed by atoms with E-state index in [1.807, 2.05) is 90.1 Å². The van der Waals surface area contributed by atoms with Gasteiger partial charge in [-0.05, 0) is 85.3 Å². The van der Waals surface area contributed by atoms with Gasteiger partial charge in [0, 0.05) is 56.2 Å². The Hall–Kier alpha value is -4.66. The minimum absolute atomic E-state index is 0.0613. The molecule has 2 N–H and O–H groups in total. The molecule has 0 bridgehead atoms. The fourth-order valence-corrected chi connectivity index (χ4v) is 6.59. The molecule has 0 radical (unpaired) electrons. The minimum atomic E-state index is -0.578. The van der Waals surface area contributed by atoms with Crippen LogP contribution in [-0.2, 0) is 46.4 Å². The van der Waals surface area contributed by atoms with Crippen LogP contribution in [0.5, 0.6) is 0 Å². The van der Waals surface area contributed by atoms with E-state index >= 15 is 0 Å². The first-order valence-electron chi connectivity index (χ1n) is 20.1. The van der Waals surface area contributed by atoms with Crippen molar-refractivity contribution in [3.8, 4) is 22.5 Å². The number of unbranched alkanes of at least 4 members (excludes halogenated alkanes) is 1. The Bertz CT molecular complexity index is 1780. The van der Waals surface area contributed by atoms with Crippen molar-refractivity contribution < 1.29 is 38.1 Å². The molecule has 1 aromatic heterocycles. The number of Topliss-reactive ketones (excluding diaryl/α,β-unsaturated/α-hetero) is 1. The van der Waals surface area contributed by atoms with Gasteiger partial charge in [0.15, 0.2) is 0 Å². The Kier molecular flexibility index (Phi) is 17.2. The van der Waals surface area contributed by atoms with Crippen LogP contribution in [0.3, 0.4) is 0 Å². The molecule has 0 aliphatic carbocycles. The first-order chi connectivity index (χ1) is 27.2. The summed E-state index contributed by atoms with van der Waals surface area (Å²) in [5, 5.41) is 15.2. The molecule has 1 aliphatic rings. The zero-order valence-corrected chi connectivity index (χ0v) is 34.9. The maximum absolute atomic E-state index is 13.8. The molecule has 2 amide bonds. The maximum atomic E-state index is 13.8. The Morgan fingerprint density at radius 1 is 0.825 bits per heavy atom. The molecule has 0 fully saturated rings. The Morgan fingerprint density at radius 2 is 1.54 bits per heavy atom. The number of ether oxygens (including phenoxy) is 4. The second-order valence-electron chi connectivity index (χ2n) is 16.3. The van der Waals surface area contributed by atoms with Crippen LogP contribution in [0.1, 0.15) is 98.5 Å². The number of para-hydroxylation sites is 1. The Balaban J connectivity index is 1.34. The largest absolute Gasteiger partial charge is 0.459 e. The number of fused-ring (bicyclic) bond motifs is 5. The molecule has 0 saturated heterocycles. The summed E-state index contributed by atoms with van der Waals surface area (Å²) in [6.45, 7) is 14.2. The number of aromatic nitrogens is 3. The van der Waals surface area contributed by atoms with Crippen LogP contribution in [0.15, 0.2) is 48.5 Å². The number of rotatable bonds is 21. The smallest absolute Gasteiger partial charge is 0.407 e. The highest BCUT2D eigenvalue weighted by molar-refractivity contribution is 6.00. The van der Waals surface area contributed by atoms with Crippen LogP contribution in [-0.4, -0.2) is 96.0 Å². The number of alkyl carbamates (subject to hydrolysis) is 1. The van der Waals surface area contributed by atoms with Gasteiger partial charge in [0.2, 0.25) is 5.91 Å². The minimum Gasteiger partial charge on any atom is -0.459 e. The molecule has 14 nitrogen and oxygen atoms in total. The number of carbonyl (C=O) groups is 4. The molecule has 0 saturated carbocycles. The molecule has 14 heteroatoms. The lowest BCUT2D eigenvalue weighted by atomic mass is 9.95. The van der Waals surface area contributed by atoms with E-state index in [1.165, 1.54) is 0 Å². The van der Waals surface area contributed by atoms with Gasteiger partial charge >= 0.3 is 12.1 Å². The lowest BCUT2D eigenvalue weighted by molar-refractivity contribution is -0.158. The number of anilines is 1. The molecule has 0 spiro atoms. The number of methoxy groups -OCH3 is 1. The first-order valence-corrected chi connectivity index (χ1v) is 20.1. The topological polar surface area (TPSA) is 163 Å². The summed E-state index contributed by atoms with van der Waals surface area (Å²) >= 11 is 0. The summed E-state index contributed by atoms with van der Waals surface area (Å²) < 4.78 is 23.3. The molecule has 1 atom stereocenters. The summed E-state index contributed by atoms with van der Waals surface area (Å²) in [5.41, 5.74) is 3.82. The van der Waals surface area contributed by atoms with E-state index in [9.17, 15) is 19.2 Å². The van der Waals surface area contributed by atoms with E-state index in [0.29, 0.717) is 89.2 Å². The fourth-order valence-electron chi connectivity index (χ4n) is 6.59. The van der Waals surface area contributed by atoms with Crippen molar-refractivity contribution in [3.63, 3.8) is 0 Å². The van der Waals surface area contributed by atoms with Crippen molar-refractivity contribution in [1.82, 2.24) is 25.6 Å². The number of nitrogens with one attached hydrogen (secondary N) is 2. The molecule has 4 rings (SSSR count). The zero-order chi connectivity index (χ0) is 41.4. The van der Waals surface area contributed by atoms with Gasteiger partial charge in [0.1, 0.15) is 29.7 Å². The Morgan fingerprint density at radius 3 is 2.28 bits per heavy atom. The van der Waals surface area contributed by atoms with E-state index in [0.717, 1.165) is 22.4 Å². The molecule has 2 aromatic carbocycles. The van der Waals surface area contributed by atoms with Crippen LogP contribution in [0.25, 0.3) is 22.5 Å². The van der Waals surface area contributed by atoms with Gasteiger partial charge in [-0.15, -0.1) is 5.10 Å². The normalized spacial score (nSPS) is 13.1. The van der Waals surface area contributed by atoms with Crippen LogP contribution in [0.2, 0.25) is 0 Å². The summed E-state index contributed by atoms with van der Waals surface area (Å²) in [5.74, 6) is -0.238. The summed E-state index contributed by atoms with van der Waals surface area (Å²) in [6, 6.07) is 15.0. The number of esters is 1. The van der Waals surface area contributed by atoms with Gasteiger partial charge in [0.25, 0.3) is 0 Å². The summed E-state index contributed by atoms with van der Waals surface area (Å²) in [6.07, 6.45) is 3.49. The van der Waals surface area contributed by atoms with Crippen LogP contribution < -0.4 is 15.5 Å². The van der Waals surface area contributed by atoms with Crippen molar-refractivity contribution >= 4 is 29.4 Å². The third-order valence-corrected chi connectivity index (χ3v) is 9.13. The van der Waals surface area contributed by atoms with Crippen molar-refractivity contribution in [2.75, 3.05) is 45.0 Å². The second-order valence-corrected chi connectivity index (χ2v) is 16.3. The lowest BCUT2D eigenvalue weighted by Gasteiger charge is -2.30. The van der Waals surface area contributed by atoms with Gasteiger partial charge < -0.3 is 29.2 Å². The molecule has 2 heterocycles. The number of hydrogen-bond donors (Lipinski definition) is 2. The SMILES string of the molecule is COCCOCCCC(=O)CCCC(=O)N1Cc2ccccc2-c2c(nnn2CCOC(=O)NCCCCC(NC(C)(C)C)C(=O)OC(C)(C)C)-c2ccccc21. The number of benzene rings is 2. The van der Waals surface area contributed by atoms with Crippen molar-refractivity contribution in [1.29, 1.82) is 0 Å². The molecule has 57 heavy (non-hydrogen) atoms. The van der Waals surface area contributed by atoms with Crippen LogP contribution >= 0.6 is 0 Å². The number of nitrogens with zero attached hydrogens (tertiary/aromatic N) is 4. The average Bonchev–Trinajstić information content (AvgIpc) is 3.55. The maximum Gasteiger partial charge on any atom is 0.407 e. The van der Waals surface area contributed by atoms with Gasteiger partial charge in [-0.1, -0.05) is 47.7 Å². The van der Waals surface area contributed by atoms with Crippen molar-refractivity contribution in [3.05, 3.63) is 54.1 Å². The Labute approximate surface area is 337 Å². The lowest BCUT2D eigenvalue weighted by Crippen LogP contribution is -2.49. The van der Waals surface area contributed by atoms with E-state index in [4.69, 9.17) is 18.9 Å². The van der Waals surface area contributed by atoms with E-state index in [1.54, 1.807) is 16.7 Å². The third kappa shape index (κ3) is 14.7. The standard InChI is InChI=1S/C43H62N6O8/c1-42(2,3)45-35(40(52)57-43(4,5)6)21-12-13-24-44-41(53)56-27-25-49-39-33-19-9-8-16-31(33)30-48(36-22-11-10-20-34(36)38(39)46-47-49)37(51)23-14-17-32(50)18-15-26-55-29-28-54-7/h8-11,16,19-20,22,35,45H,12-15,17-18,21,23-30H2,1-7H3,(H,44,53). The van der Waals surface area contributed by atoms with Gasteiger partial charge in [-0.2, -0.15) is 0 Å². The molecule has 3 aromatic rings. The quantitative estimate of drug-likeness (QED) is 0.0879. The predicted molar refractivity (Wildman–Crippen MR) is 219 cm³/mol. The number of hydrogen-bond acceptors (Lipinski definition) is 11. The molecule has 1 aliphatic heterocycles. The number of ketones is 1. The highest BCUT2D eigenvalue weighted by atomic mass is 16.6. The van der Waals surface area contributed by atoms with E-state index < -0.39 is 17.7 Å². The van der Waals surface area contributed by atoms with Crippen molar-refractivity contribution in [2.45, 2.75) is 123 Å². The number of amides is 2. The highest BCUT2D eigenvalue weighted by Gasteiger charge is 2.30. The third-order valence-electron chi connectivity index (χ3n) is 9.13. The zero-order valence-electron chi connectivity index (χ0n) is 34.9. The average molecular weight is 791 g/mol. The summed E-state index contributed by atoms with van der Waals surface area (Å²) in [7, 11) is 1.62. The first kappa shape index (κ1) is 45.0.